The first kappa shape index (κ1) is 21.4. The zero-order chi connectivity index (χ0) is 22.8. The number of nitrogens with zero attached hydrogens (tertiary/aromatic N) is 3. The highest BCUT2D eigenvalue weighted by molar-refractivity contribution is 6.30. The number of carbonyl (C=O) groups is 1. The molecule has 0 aliphatic carbocycles. The summed E-state index contributed by atoms with van der Waals surface area (Å²) >= 11 is 5.92. The van der Waals surface area contributed by atoms with Crippen molar-refractivity contribution in [1.29, 1.82) is 0 Å². The molecule has 1 amide bonds. The number of nitrogens with one attached hydrogen (secondary N) is 2. The molecule has 164 valence electrons. The highest BCUT2D eigenvalue weighted by Gasteiger charge is 2.15. The average molecular weight is 453 g/mol. The number of fused-ring (bicyclic) bond motifs is 1. The van der Waals surface area contributed by atoms with Crippen LogP contribution in [0, 0.1) is 0 Å². The topological polar surface area (TPSA) is 114 Å². The third-order valence-corrected chi connectivity index (χ3v) is 5.40. The van der Waals surface area contributed by atoms with Crippen LogP contribution in [-0.4, -0.2) is 26.7 Å². The van der Waals surface area contributed by atoms with Crippen LogP contribution in [-0.2, 0) is 13.6 Å². The molecular weight excluding hydrogens is 432 g/mol. The lowest BCUT2D eigenvalue weighted by Crippen LogP contribution is -2.39. The molecular formula is C22H21ClN6O3. The molecule has 2 aromatic carbocycles. The Balaban J connectivity index is 1.66. The average Bonchev–Trinajstić information content (AvgIpc) is 2.79. The van der Waals surface area contributed by atoms with E-state index in [-0.39, 0.29) is 24.4 Å². The molecule has 9 nitrogen and oxygen atoms in total. The van der Waals surface area contributed by atoms with Crippen LogP contribution in [0.5, 0.6) is 0 Å². The smallest absolute Gasteiger partial charge is 0.331 e. The second-order valence-corrected chi connectivity index (χ2v) is 7.78. The summed E-state index contributed by atoms with van der Waals surface area (Å²) in [4.78, 5) is 38.6. The number of nitrogens with two attached hydrogens (primary N) is 1. The Morgan fingerprint density at radius 2 is 1.91 bits per heavy atom. The lowest BCUT2D eigenvalue weighted by molar-refractivity contribution is 0.0957. The minimum atomic E-state index is -0.463. The summed E-state index contributed by atoms with van der Waals surface area (Å²) in [5.74, 6) is 5.29. The number of halogens is 1. The molecule has 1 aromatic heterocycles. The van der Waals surface area contributed by atoms with E-state index in [1.165, 1.54) is 15.8 Å². The largest absolute Gasteiger partial charge is 0.348 e. The van der Waals surface area contributed by atoms with E-state index in [0.29, 0.717) is 16.1 Å². The van der Waals surface area contributed by atoms with E-state index in [1.807, 2.05) is 0 Å². The fourth-order valence-corrected chi connectivity index (χ4v) is 3.57. The van der Waals surface area contributed by atoms with Crippen molar-refractivity contribution in [1.82, 2.24) is 25.0 Å². The van der Waals surface area contributed by atoms with Crippen molar-refractivity contribution in [3.05, 3.63) is 104 Å². The van der Waals surface area contributed by atoms with Crippen LogP contribution < -0.4 is 27.8 Å². The third-order valence-electron chi connectivity index (χ3n) is 5.15. The highest BCUT2D eigenvalue weighted by Crippen LogP contribution is 2.13. The van der Waals surface area contributed by atoms with Crippen molar-refractivity contribution in [2.75, 3.05) is 6.54 Å². The van der Waals surface area contributed by atoms with Crippen LogP contribution in [0.15, 0.2) is 76.1 Å². The molecule has 4 N–H and O–H groups in total. The van der Waals surface area contributed by atoms with E-state index in [0.717, 1.165) is 15.7 Å². The normalized spacial score (nSPS) is 13.1. The molecule has 4 rings (SSSR count). The predicted octanol–water partition coefficient (Wildman–Crippen LogP) is 1.22. The van der Waals surface area contributed by atoms with Crippen LogP contribution in [0.4, 0.5) is 0 Å². The Labute approximate surface area is 187 Å². The summed E-state index contributed by atoms with van der Waals surface area (Å²) in [7, 11) is 1.59. The standard InChI is InChI=1S/C22H21ClN6O3/c1-27-19-7-4-16(20(30)25-11-15-8-9-26-29(24)13-15)10-18(19)21(31)28(22(27)32)12-14-2-5-17(23)6-3-14/h2-10,13,26H,11-12,24H2,1H3,(H,25,30). The van der Waals surface area contributed by atoms with Crippen LogP contribution in [0.25, 0.3) is 10.9 Å². The number of hydrogen-bond donors (Lipinski definition) is 3. The number of carbonyl (C=O) groups excluding carboxylic acids is 1. The third kappa shape index (κ3) is 4.29. The fourth-order valence-electron chi connectivity index (χ4n) is 3.45. The first-order valence-electron chi connectivity index (χ1n) is 9.77. The van der Waals surface area contributed by atoms with Crippen molar-refractivity contribution in [3.63, 3.8) is 0 Å². The zero-order valence-corrected chi connectivity index (χ0v) is 18.0. The van der Waals surface area contributed by atoms with Crippen molar-refractivity contribution in [2.24, 2.45) is 12.9 Å². The van der Waals surface area contributed by atoms with Crippen LogP contribution >= 0.6 is 11.6 Å². The molecule has 2 heterocycles. The van der Waals surface area contributed by atoms with Gasteiger partial charge in [-0.05, 0) is 47.5 Å². The quantitative estimate of drug-likeness (QED) is 0.501. The van der Waals surface area contributed by atoms with Crippen molar-refractivity contribution >= 4 is 28.4 Å². The predicted molar refractivity (Wildman–Crippen MR) is 123 cm³/mol. The molecule has 0 saturated heterocycles. The van der Waals surface area contributed by atoms with Gasteiger partial charge < -0.3 is 5.32 Å². The number of aryl methyl sites for hydroxylation is 1. The molecule has 0 radical (unpaired) electrons. The van der Waals surface area contributed by atoms with Gasteiger partial charge in [-0.3, -0.25) is 24.1 Å². The molecule has 0 bridgehead atoms. The Hall–Kier alpha value is -3.82. The van der Waals surface area contributed by atoms with Gasteiger partial charge in [0.15, 0.2) is 0 Å². The Morgan fingerprint density at radius 3 is 2.62 bits per heavy atom. The van der Waals surface area contributed by atoms with Gasteiger partial charge in [0.25, 0.3) is 11.5 Å². The number of rotatable bonds is 5. The molecule has 0 spiro atoms. The number of amides is 1. The second-order valence-electron chi connectivity index (χ2n) is 7.35. The van der Waals surface area contributed by atoms with E-state index in [9.17, 15) is 14.4 Å². The fraction of sp³-hybridized carbons (Fsp3) is 0.136. The highest BCUT2D eigenvalue weighted by atomic mass is 35.5. The summed E-state index contributed by atoms with van der Waals surface area (Å²) in [6.07, 6.45) is 5.09. The van der Waals surface area contributed by atoms with E-state index in [1.54, 1.807) is 61.9 Å². The second kappa shape index (κ2) is 8.74. The Bertz CT molecular complexity index is 1370. The molecule has 1 aliphatic rings. The molecule has 0 atom stereocenters. The number of hydrazine groups is 2. The molecule has 10 heteroatoms. The summed E-state index contributed by atoms with van der Waals surface area (Å²) in [5.41, 5.74) is 4.19. The lowest BCUT2D eigenvalue weighted by Gasteiger charge is -2.19. The van der Waals surface area contributed by atoms with Gasteiger partial charge in [0.05, 0.1) is 17.4 Å². The SMILES string of the molecule is Cn1c(=O)n(Cc2ccc(Cl)cc2)c(=O)c2cc(C(=O)NCC3=CN(N)NC=C3)ccc21. The van der Waals surface area contributed by atoms with E-state index in [4.69, 9.17) is 17.4 Å². The van der Waals surface area contributed by atoms with E-state index < -0.39 is 11.2 Å². The van der Waals surface area contributed by atoms with Gasteiger partial charge in [-0.25, -0.2) is 15.8 Å². The number of hydrogen-bond acceptors (Lipinski definition) is 6. The molecule has 0 unspecified atom stereocenters. The number of aromatic nitrogens is 2. The molecule has 0 fully saturated rings. The maximum Gasteiger partial charge on any atom is 0.331 e. The van der Waals surface area contributed by atoms with Gasteiger partial charge in [-0.2, -0.15) is 0 Å². The van der Waals surface area contributed by atoms with Crippen molar-refractivity contribution in [3.8, 4) is 0 Å². The molecule has 1 aliphatic heterocycles. The number of benzene rings is 2. The van der Waals surface area contributed by atoms with Gasteiger partial charge in [-0.1, -0.05) is 23.7 Å². The summed E-state index contributed by atoms with van der Waals surface area (Å²) < 4.78 is 2.54. The Morgan fingerprint density at radius 1 is 1.16 bits per heavy atom. The van der Waals surface area contributed by atoms with Crippen LogP contribution in [0.1, 0.15) is 15.9 Å². The van der Waals surface area contributed by atoms with Crippen molar-refractivity contribution < 1.29 is 4.79 Å². The van der Waals surface area contributed by atoms with Gasteiger partial charge in [0, 0.05) is 36.6 Å². The zero-order valence-electron chi connectivity index (χ0n) is 17.2. The molecule has 32 heavy (non-hydrogen) atoms. The van der Waals surface area contributed by atoms with E-state index in [2.05, 4.69) is 10.7 Å². The van der Waals surface area contributed by atoms with Gasteiger partial charge in [0.2, 0.25) is 0 Å². The first-order valence-corrected chi connectivity index (χ1v) is 10.1. The minimum absolute atomic E-state index is 0.0964. The molecule has 3 aromatic rings. The van der Waals surface area contributed by atoms with E-state index >= 15 is 0 Å². The summed E-state index contributed by atoms with van der Waals surface area (Å²) in [6, 6.07) is 11.6. The van der Waals surface area contributed by atoms with Gasteiger partial charge in [0.1, 0.15) is 0 Å². The lowest BCUT2D eigenvalue weighted by atomic mass is 10.1. The monoisotopic (exact) mass is 452 g/mol. The van der Waals surface area contributed by atoms with Crippen LogP contribution in [0.3, 0.4) is 0 Å². The van der Waals surface area contributed by atoms with Gasteiger partial charge in [-0.15, -0.1) is 0 Å². The van der Waals surface area contributed by atoms with Gasteiger partial charge >= 0.3 is 5.69 Å². The van der Waals surface area contributed by atoms with Crippen molar-refractivity contribution in [2.45, 2.75) is 6.54 Å². The Kier molecular flexibility index (Phi) is 5.85. The summed E-state index contributed by atoms with van der Waals surface area (Å²) in [6.45, 7) is 0.357. The van der Waals surface area contributed by atoms with Crippen LogP contribution in [0.2, 0.25) is 5.02 Å². The summed E-state index contributed by atoms with van der Waals surface area (Å²) in [5, 5.41) is 4.93. The minimum Gasteiger partial charge on any atom is -0.348 e. The molecule has 0 saturated carbocycles. The maximum atomic E-state index is 13.1. The maximum absolute atomic E-state index is 13.1. The first-order chi connectivity index (χ1) is 15.3.